The lowest BCUT2D eigenvalue weighted by atomic mass is 10.4. The lowest BCUT2D eigenvalue weighted by molar-refractivity contribution is 0.394. The van der Waals surface area contributed by atoms with E-state index in [0.29, 0.717) is 0 Å². The van der Waals surface area contributed by atoms with Gasteiger partial charge < -0.3 is 10.2 Å². The van der Waals surface area contributed by atoms with Gasteiger partial charge in [0.05, 0.1) is 5.82 Å². The molecule has 0 unspecified atom stereocenters. The van der Waals surface area contributed by atoms with Crippen molar-refractivity contribution in [3.8, 4) is 0 Å². The summed E-state index contributed by atoms with van der Waals surface area (Å²) in [6.07, 6.45) is 4.66. The van der Waals surface area contributed by atoms with Crippen LogP contribution in [0.4, 0.5) is 0 Å². The molecule has 0 aromatic rings. The van der Waals surface area contributed by atoms with Crippen molar-refractivity contribution in [1.29, 1.82) is 0 Å². The molecule has 2 nitrogen and oxygen atoms in total. The lowest BCUT2D eigenvalue weighted by Gasteiger charge is -2.19. The van der Waals surface area contributed by atoms with E-state index in [-0.39, 0.29) is 0 Å². The highest BCUT2D eigenvalue weighted by Crippen LogP contribution is 2.05. The highest BCUT2D eigenvalue weighted by Gasteiger charge is 2.05. The van der Waals surface area contributed by atoms with Gasteiger partial charge in [0, 0.05) is 20.1 Å². The first kappa shape index (κ1) is 7.45. The van der Waals surface area contributed by atoms with Gasteiger partial charge in [-0.1, -0.05) is 6.92 Å². The molecule has 1 aliphatic heterocycles. The average Bonchev–Trinajstić information content (AvgIpc) is 2.38. The van der Waals surface area contributed by atoms with Gasteiger partial charge in [-0.25, -0.2) is 0 Å². The second kappa shape index (κ2) is 3.49. The van der Waals surface area contributed by atoms with Crippen LogP contribution in [-0.4, -0.2) is 25.0 Å². The van der Waals surface area contributed by atoms with Gasteiger partial charge >= 0.3 is 0 Å². The van der Waals surface area contributed by atoms with Crippen LogP contribution >= 0.6 is 0 Å². The van der Waals surface area contributed by atoms with Crippen LogP contribution in [-0.2, 0) is 0 Å². The van der Waals surface area contributed by atoms with Crippen LogP contribution in [0, 0.1) is 0 Å². The van der Waals surface area contributed by atoms with Crippen molar-refractivity contribution in [2.24, 2.45) is 0 Å². The molecule has 1 aliphatic rings. The molecule has 0 radical (unpaired) electrons. The third-order valence-corrected chi connectivity index (χ3v) is 1.76. The third kappa shape index (κ3) is 1.66. The monoisotopic (exact) mass is 140 g/mol. The molecule has 58 valence electrons. The van der Waals surface area contributed by atoms with Crippen molar-refractivity contribution >= 4 is 0 Å². The molecule has 1 heterocycles. The van der Waals surface area contributed by atoms with E-state index < -0.39 is 0 Å². The van der Waals surface area contributed by atoms with E-state index in [1.54, 1.807) is 0 Å². The molecular weight excluding hydrogens is 124 g/mol. The molecule has 0 amide bonds. The molecule has 0 aliphatic carbocycles. The summed E-state index contributed by atoms with van der Waals surface area (Å²) in [5.74, 6) is 1.31. The van der Waals surface area contributed by atoms with Crippen LogP contribution in [0.3, 0.4) is 0 Å². The first-order valence-electron chi connectivity index (χ1n) is 3.99. The van der Waals surface area contributed by atoms with Crippen molar-refractivity contribution < 1.29 is 0 Å². The summed E-state index contributed by atoms with van der Waals surface area (Å²) >= 11 is 0. The van der Waals surface area contributed by atoms with E-state index in [9.17, 15) is 0 Å². The Morgan fingerprint density at radius 2 is 2.50 bits per heavy atom. The van der Waals surface area contributed by atoms with E-state index in [1.807, 2.05) is 0 Å². The summed E-state index contributed by atoms with van der Waals surface area (Å²) in [4.78, 5) is 2.27. The van der Waals surface area contributed by atoms with Gasteiger partial charge in [-0.05, 0) is 18.9 Å². The Hall–Kier alpha value is -0.660. The van der Waals surface area contributed by atoms with Gasteiger partial charge in [0.15, 0.2) is 0 Å². The Bertz CT molecular complexity index is 129. The van der Waals surface area contributed by atoms with Crippen molar-refractivity contribution in [2.75, 3.05) is 20.1 Å². The van der Waals surface area contributed by atoms with Crippen LogP contribution in [0.25, 0.3) is 0 Å². The van der Waals surface area contributed by atoms with E-state index >= 15 is 0 Å². The molecule has 0 aromatic heterocycles. The minimum absolute atomic E-state index is 1.11. The Balaban J connectivity index is 2.32. The zero-order valence-corrected chi connectivity index (χ0v) is 6.85. The fourth-order valence-electron chi connectivity index (χ4n) is 1.23. The first-order valence-corrected chi connectivity index (χ1v) is 3.99. The molecule has 0 fully saturated rings. The van der Waals surface area contributed by atoms with E-state index in [0.717, 1.165) is 13.1 Å². The largest absolute Gasteiger partial charge is 0.372 e. The molecule has 0 bridgehead atoms. The van der Waals surface area contributed by atoms with Crippen molar-refractivity contribution in [1.82, 2.24) is 10.2 Å². The van der Waals surface area contributed by atoms with Crippen LogP contribution in [0.15, 0.2) is 11.9 Å². The summed E-state index contributed by atoms with van der Waals surface area (Å²) in [7, 11) is 2.13. The fourth-order valence-corrected chi connectivity index (χ4v) is 1.23. The maximum Gasteiger partial charge on any atom is 0.0969 e. The molecular formula is C8H16N2. The summed E-state index contributed by atoms with van der Waals surface area (Å²) in [6.45, 7) is 4.47. The highest BCUT2D eigenvalue weighted by molar-refractivity contribution is 5.03. The van der Waals surface area contributed by atoms with Gasteiger partial charge in [0.2, 0.25) is 0 Å². The standard InChI is InChI=1S/C8H16N2/c1-3-7-10(2)8-5-4-6-9-8/h5,9H,3-4,6-7H2,1-2H3. The van der Waals surface area contributed by atoms with Crippen LogP contribution in [0.1, 0.15) is 19.8 Å². The van der Waals surface area contributed by atoms with Gasteiger partial charge in [-0.2, -0.15) is 0 Å². The quantitative estimate of drug-likeness (QED) is 0.633. The summed E-state index contributed by atoms with van der Waals surface area (Å²) in [6, 6.07) is 0. The normalized spacial score (nSPS) is 16.4. The van der Waals surface area contributed by atoms with Gasteiger partial charge in [-0.15, -0.1) is 0 Å². The van der Waals surface area contributed by atoms with Crippen LogP contribution < -0.4 is 5.32 Å². The lowest BCUT2D eigenvalue weighted by Crippen LogP contribution is -2.26. The minimum Gasteiger partial charge on any atom is -0.372 e. The van der Waals surface area contributed by atoms with Gasteiger partial charge in [-0.3, -0.25) is 0 Å². The molecule has 10 heavy (non-hydrogen) atoms. The Morgan fingerprint density at radius 1 is 1.70 bits per heavy atom. The molecule has 0 spiro atoms. The predicted octanol–water partition coefficient (Wildman–Crippen LogP) is 1.16. The van der Waals surface area contributed by atoms with Crippen LogP contribution in [0.5, 0.6) is 0 Å². The summed E-state index contributed by atoms with van der Waals surface area (Å²) in [5.41, 5.74) is 0. The first-order chi connectivity index (χ1) is 4.84. The number of nitrogens with zero attached hydrogens (tertiary/aromatic N) is 1. The second-order valence-electron chi connectivity index (χ2n) is 2.73. The minimum atomic E-state index is 1.11. The maximum absolute atomic E-state index is 3.33. The van der Waals surface area contributed by atoms with E-state index in [4.69, 9.17) is 0 Å². The Morgan fingerprint density at radius 3 is 3.00 bits per heavy atom. The topological polar surface area (TPSA) is 15.3 Å². The fraction of sp³-hybridized carbons (Fsp3) is 0.750. The molecule has 1 N–H and O–H groups in total. The van der Waals surface area contributed by atoms with E-state index in [2.05, 4.69) is 30.3 Å². The highest BCUT2D eigenvalue weighted by atomic mass is 15.2. The summed E-state index contributed by atoms with van der Waals surface area (Å²) in [5, 5.41) is 3.33. The average molecular weight is 140 g/mol. The third-order valence-electron chi connectivity index (χ3n) is 1.76. The molecule has 2 heteroatoms. The molecule has 0 saturated heterocycles. The summed E-state index contributed by atoms with van der Waals surface area (Å²) < 4.78 is 0. The zero-order chi connectivity index (χ0) is 7.40. The molecule has 0 saturated carbocycles. The van der Waals surface area contributed by atoms with Crippen molar-refractivity contribution in [2.45, 2.75) is 19.8 Å². The van der Waals surface area contributed by atoms with Gasteiger partial charge in [0.25, 0.3) is 0 Å². The molecule has 1 rings (SSSR count). The van der Waals surface area contributed by atoms with Crippen molar-refractivity contribution in [3.63, 3.8) is 0 Å². The SMILES string of the molecule is CCCN(C)C1=CCCN1. The number of rotatable bonds is 3. The van der Waals surface area contributed by atoms with Crippen LogP contribution in [0.2, 0.25) is 0 Å². The number of hydrogen-bond donors (Lipinski definition) is 1. The number of nitrogens with one attached hydrogen (secondary N) is 1. The van der Waals surface area contributed by atoms with Crippen molar-refractivity contribution in [3.05, 3.63) is 11.9 Å². The zero-order valence-electron chi connectivity index (χ0n) is 6.85. The predicted molar refractivity (Wildman–Crippen MR) is 43.6 cm³/mol. The second-order valence-corrected chi connectivity index (χ2v) is 2.73. The molecule has 0 aromatic carbocycles. The molecule has 0 atom stereocenters. The maximum atomic E-state index is 3.33. The number of hydrogen-bond acceptors (Lipinski definition) is 2. The Labute approximate surface area is 62.9 Å². The Kier molecular flexibility index (Phi) is 2.60. The van der Waals surface area contributed by atoms with E-state index in [1.165, 1.54) is 18.7 Å². The smallest absolute Gasteiger partial charge is 0.0969 e. The van der Waals surface area contributed by atoms with Gasteiger partial charge in [0.1, 0.15) is 0 Å².